The van der Waals surface area contributed by atoms with E-state index >= 15 is 0 Å². The van der Waals surface area contributed by atoms with Gasteiger partial charge in [-0.15, -0.1) is 11.8 Å². The first-order valence-corrected chi connectivity index (χ1v) is 8.83. The molecule has 1 heterocycles. The zero-order valence-electron chi connectivity index (χ0n) is 11.6. The fraction of sp³-hybridized carbons (Fsp3) is 0.462. The van der Waals surface area contributed by atoms with E-state index in [2.05, 4.69) is 10.0 Å². The van der Waals surface area contributed by atoms with E-state index in [-0.39, 0.29) is 22.1 Å². The van der Waals surface area contributed by atoms with Crippen LogP contribution in [0, 0.1) is 0 Å². The smallest absolute Gasteiger partial charge is 0.240 e. The van der Waals surface area contributed by atoms with Gasteiger partial charge >= 0.3 is 0 Å². The van der Waals surface area contributed by atoms with Crippen LogP contribution < -0.4 is 10.0 Å². The number of carbonyl (C=O) groups excluding carboxylic acids is 1. The quantitative estimate of drug-likeness (QED) is 0.893. The monoisotopic (exact) mass is 314 g/mol. The Morgan fingerprint density at radius 2 is 2.15 bits per heavy atom. The van der Waals surface area contributed by atoms with Crippen LogP contribution in [0.4, 0.5) is 5.69 Å². The van der Waals surface area contributed by atoms with E-state index in [1.54, 1.807) is 12.1 Å². The molecule has 0 saturated heterocycles. The van der Waals surface area contributed by atoms with Gasteiger partial charge in [0.05, 0.1) is 15.8 Å². The van der Waals surface area contributed by atoms with Crippen LogP contribution >= 0.6 is 11.8 Å². The molecule has 2 atom stereocenters. The molecule has 5 nitrogen and oxygen atoms in total. The van der Waals surface area contributed by atoms with Gasteiger partial charge in [-0.25, -0.2) is 13.1 Å². The van der Waals surface area contributed by atoms with E-state index in [1.807, 2.05) is 20.8 Å². The molecule has 0 fully saturated rings. The third-order valence-electron chi connectivity index (χ3n) is 3.16. The van der Waals surface area contributed by atoms with Crippen molar-refractivity contribution in [2.24, 2.45) is 0 Å². The summed E-state index contributed by atoms with van der Waals surface area (Å²) in [4.78, 5) is 12.7. The van der Waals surface area contributed by atoms with Crippen LogP contribution in [0.2, 0.25) is 0 Å². The first-order valence-electron chi connectivity index (χ1n) is 6.47. The summed E-state index contributed by atoms with van der Waals surface area (Å²) in [6, 6.07) is 4.69. The molecule has 0 aromatic heterocycles. The van der Waals surface area contributed by atoms with Gasteiger partial charge in [-0.2, -0.15) is 0 Å². The predicted octanol–water partition coefficient (Wildman–Crippen LogP) is 2.20. The Morgan fingerprint density at radius 1 is 1.45 bits per heavy atom. The van der Waals surface area contributed by atoms with Crippen molar-refractivity contribution in [3.05, 3.63) is 18.2 Å². The number of sulfonamides is 1. The Balaban J connectivity index is 2.32. The highest BCUT2D eigenvalue weighted by atomic mass is 32.2. The van der Waals surface area contributed by atoms with Crippen LogP contribution in [0.25, 0.3) is 0 Å². The number of benzene rings is 1. The molecule has 2 rings (SSSR count). The van der Waals surface area contributed by atoms with E-state index < -0.39 is 10.0 Å². The maximum Gasteiger partial charge on any atom is 0.240 e. The minimum absolute atomic E-state index is 0.105. The zero-order valence-corrected chi connectivity index (χ0v) is 13.3. The second-order valence-electron chi connectivity index (χ2n) is 4.84. The third kappa shape index (κ3) is 3.16. The molecule has 0 unspecified atom stereocenters. The lowest BCUT2D eigenvalue weighted by Crippen LogP contribution is -2.32. The third-order valence-corrected chi connectivity index (χ3v) is 5.93. The Bertz CT molecular complexity index is 629. The summed E-state index contributed by atoms with van der Waals surface area (Å²) >= 11 is 1.43. The number of anilines is 1. The molecule has 1 aromatic carbocycles. The van der Waals surface area contributed by atoms with Gasteiger partial charge in [0.25, 0.3) is 0 Å². The second kappa shape index (κ2) is 5.75. The average molecular weight is 314 g/mol. The summed E-state index contributed by atoms with van der Waals surface area (Å²) in [7, 11) is -3.55. The van der Waals surface area contributed by atoms with E-state index in [4.69, 9.17) is 0 Å². The lowest BCUT2D eigenvalue weighted by Gasteiger charge is -2.22. The first kappa shape index (κ1) is 15.3. The molecule has 1 amide bonds. The van der Waals surface area contributed by atoms with Crippen molar-refractivity contribution in [2.45, 2.75) is 48.3 Å². The van der Waals surface area contributed by atoms with Crippen LogP contribution in [0.3, 0.4) is 0 Å². The van der Waals surface area contributed by atoms with Crippen molar-refractivity contribution >= 4 is 33.4 Å². The van der Waals surface area contributed by atoms with E-state index in [0.717, 1.165) is 4.90 Å². The maximum absolute atomic E-state index is 12.2. The Kier molecular flexibility index (Phi) is 4.41. The van der Waals surface area contributed by atoms with Gasteiger partial charge in [-0.1, -0.05) is 6.92 Å². The van der Waals surface area contributed by atoms with Gasteiger partial charge < -0.3 is 5.32 Å². The molecule has 2 N–H and O–H groups in total. The lowest BCUT2D eigenvalue weighted by molar-refractivity contribution is -0.115. The van der Waals surface area contributed by atoms with Crippen LogP contribution in [-0.2, 0) is 14.8 Å². The molecular formula is C13H18N2O3S2. The number of nitrogens with one attached hydrogen (secondary N) is 2. The van der Waals surface area contributed by atoms with Crippen LogP contribution in [0.15, 0.2) is 28.0 Å². The minimum Gasteiger partial charge on any atom is -0.324 e. The number of hydrogen-bond acceptors (Lipinski definition) is 4. The molecule has 0 radical (unpaired) electrons. The van der Waals surface area contributed by atoms with Gasteiger partial charge in [0.15, 0.2) is 0 Å². The highest BCUT2D eigenvalue weighted by Crippen LogP contribution is 2.36. The normalized spacial score (nSPS) is 20.1. The van der Waals surface area contributed by atoms with Gasteiger partial charge in [-0.3, -0.25) is 4.79 Å². The first-order chi connectivity index (χ1) is 9.33. The van der Waals surface area contributed by atoms with Crippen LogP contribution in [0.5, 0.6) is 0 Å². The van der Waals surface area contributed by atoms with E-state index in [0.29, 0.717) is 12.1 Å². The Labute approximate surface area is 123 Å². The largest absolute Gasteiger partial charge is 0.324 e. The lowest BCUT2D eigenvalue weighted by atomic mass is 10.3. The molecule has 1 aliphatic heterocycles. The van der Waals surface area contributed by atoms with Crippen LogP contribution in [-0.4, -0.2) is 25.6 Å². The molecule has 20 heavy (non-hydrogen) atoms. The highest BCUT2D eigenvalue weighted by Gasteiger charge is 2.25. The molecule has 0 bridgehead atoms. The highest BCUT2D eigenvalue weighted by molar-refractivity contribution is 8.01. The SMILES string of the molecule is CC[C@H](C)NS(=O)(=O)c1ccc2c(c1)NC(=O)[C@@H](C)S2. The minimum atomic E-state index is -3.55. The number of hydrogen-bond donors (Lipinski definition) is 2. The summed E-state index contributed by atoms with van der Waals surface area (Å²) in [5.74, 6) is -0.105. The van der Waals surface area contributed by atoms with E-state index in [9.17, 15) is 13.2 Å². The van der Waals surface area contributed by atoms with Crippen molar-refractivity contribution in [3.63, 3.8) is 0 Å². The average Bonchev–Trinajstić information content (AvgIpc) is 2.39. The maximum atomic E-state index is 12.2. The van der Waals surface area contributed by atoms with Gasteiger partial charge in [-0.05, 0) is 38.5 Å². The van der Waals surface area contributed by atoms with Crippen molar-refractivity contribution in [1.29, 1.82) is 0 Å². The predicted molar refractivity (Wildman–Crippen MR) is 80.5 cm³/mol. The van der Waals surface area contributed by atoms with Gasteiger partial charge in [0.2, 0.25) is 15.9 Å². The number of carbonyl (C=O) groups is 1. The van der Waals surface area contributed by atoms with Crippen LogP contribution in [0.1, 0.15) is 27.2 Å². The number of fused-ring (bicyclic) bond motifs is 1. The molecule has 0 saturated carbocycles. The van der Waals surface area contributed by atoms with Gasteiger partial charge in [0, 0.05) is 10.9 Å². The summed E-state index contributed by atoms with van der Waals surface area (Å²) in [5, 5.41) is 2.57. The molecule has 7 heteroatoms. The summed E-state index contributed by atoms with van der Waals surface area (Å²) in [5.41, 5.74) is 0.560. The van der Waals surface area contributed by atoms with Gasteiger partial charge in [0.1, 0.15) is 0 Å². The van der Waals surface area contributed by atoms with E-state index in [1.165, 1.54) is 17.8 Å². The molecule has 0 spiro atoms. The van der Waals surface area contributed by atoms with Crippen molar-refractivity contribution in [3.8, 4) is 0 Å². The molecule has 110 valence electrons. The summed E-state index contributed by atoms with van der Waals surface area (Å²) in [6.07, 6.45) is 0.717. The Hall–Kier alpha value is -1.05. The molecular weight excluding hydrogens is 296 g/mol. The zero-order chi connectivity index (χ0) is 14.9. The number of thioether (sulfide) groups is 1. The Morgan fingerprint density at radius 3 is 2.80 bits per heavy atom. The number of amides is 1. The summed E-state index contributed by atoms with van der Waals surface area (Å²) in [6.45, 7) is 5.55. The van der Waals surface area contributed by atoms with Crippen molar-refractivity contribution in [2.75, 3.05) is 5.32 Å². The van der Waals surface area contributed by atoms with Crippen molar-refractivity contribution in [1.82, 2.24) is 4.72 Å². The molecule has 1 aromatic rings. The standard InChI is InChI=1S/C13H18N2O3S2/c1-4-8(2)15-20(17,18)10-5-6-12-11(7-10)14-13(16)9(3)19-12/h5-9,15H,4H2,1-3H3,(H,14,16)/t8-,9+/m0/s1. The molecule has 1 aliphatic rings. The van der Waals surface area contributed by atoms with Crippen molar-refractivity contribution < 1.29 is 13.2 Å². The summed E-state index contributed by atoms with van der Waals surface area (Å²) < 4.78 is 27.0. The fourth-order valence-corrected chi connectivity index (χ4v) is 4.05. The topological polar surface area (TPSA) is 75.3 Å². The second-order valence-corrected chi connectivity index (χ2v) is 7.93. The molecule has 0 aliphatic carbocycles. The number of rotatable bonds is 4. The fourth-order valence-electron chi connectivity index (χ4n) is 1.77.